The van der Waals surface area contributed by atoms with Gasteiger partial charge in [0.05, 0.1) is 65.7 Å². The number of aldehydes is 1. The van der Waals surface area contributed by atoms with Crippen LogP contribution in [0.2, 0.25) is 30.1 Å². The number of hydrogen-bond donors (Lipinski definition) is 2. The van der Waals surface area contributed by atoms with Crippen LogP contribution >= 0.6 is 117 Å². The van der Waals surface area contributed by atoms with Crippen molar-refractivity contribution in [2.24, 2.45) is 0 Å². The van der Waals surface area contributed by atoms with Gasteiger partial charge in [-0.3, -0.25) is 24.7 Å². The molecule has 1 aliphatic rings. The minimum absolute atomic E-state index is 0.0675. The van der Waals surface area contributed by atoms with E-state index >= 15 is 0 Å². The van der Waals surface area contributed by atoms with Gasteiger partial charge in [0, 0.05) is 91.4 Å². The van der Waals surface area contributed by atoms with Gasteiger partial charge in [0.15, 0.2) is 12.0 Å². The highest BCUT2D eigenvalue weighted by Crippen LogP contribution is 2.37. The van der Waals surface area contributed by atoms with Crippen LogP contribution < -0.4 is 5.46 Å². The lowest BCUT2D eigenvalue weighted by molar-refractivity contribution is 0.00578. The molecule has 1 aromatic carbocycles. The summed E-state index contributed by atoms with van der Waals surface area (Å²) in [6, 6.07) is 12.5. The molecule has 0 radical (unpaired) electrons. The molecule has 0 aliphatic carbocycles. The van der Waals surface area contributed by atoms with Crippen molar-refractivity contribution in [1.82, 2.24) is 24.9 Å². The van der Waals surface area contributed by atoms with E-state index in [1.165, 1.54) is 31.0 Å². The number of benzene rings is 1. The summed E-state index contributed by atoms with van der Waals surface area (Å²) < 4.78 is 14.1. The van der Waals surface area contributed by atoms with E-state index in [0.717, 1.165) is 14.4 Å². The molecule has 12 nitrogen and oxygen atoms in total. The second-order valence-corrected chi connectivity index (χ2v) is 18.7. The predicted octanol–water partition coefficient (Wildman–Crippen LogP) is 12.1. The number of aromatic nitrogens is 5. The average molecular weight is 1180 g/mol. The summed E-state index contributed by atoms with van der Waals surface area (Å²) in [6.07, 6.45) is 14.5. The Morgan fingerprint density at radius 2 is 1.23 bits per heavy atom. The highest BCUT2D eigenvalue weighted by molar-refractivity contribution is 9.11. The molecule has 22 heteroatoms. The Morgan fingerprint density at radius 1 is 0.672 bits per heavy atom. The molecule has 0 saturated carbocycles. The molecule has 0 spiro atoms. The number of nitrogens with zero attached hydrogens (tertiary/aromatic N) is 7. The zero-order chi connectivity index (χ0) is 47.8. The summed E-state index contributed by atoms with van der Waals surface area (Å²) in [6.45, 7) is 7.71. The van der Waals surface area contributed by atoms with Gasteiger partial charge >= 0.3 is 7.12 Å². The number of pyridine rings is 5. The first kappa shape index (κ1) is 55.0. The summed E-state index contributed by atoms with van der Waals surface area (Å²) >= 11 is 44.3. The first-order valence-electron chi connectivity index (χ1n) is 18.0. The number of aliphatic hydroxyl groups excluding tert-OH is 2. The molecule has 6 heterocycles. The van der Waals surface area contributed by atoms with Crippen LogP contribution in [0.5, 0.6) is 0 Å². The van der Waals surface area contributed by atoms with Crippen molar-refractivity contribution in [2.75, 3.05) is 0 Å². The number of hydrogen-bond acceptors (Lipinski definition) is 12. The molecular formula is C42H33BBr3Cl6N7O5. The van der Waals surface area contributed by atoms with Crippen molar-refractivity contribution < 1.29 is 24.3 Å². The first-order chi connectivity index (χ1) is 30.2. The van der Waals surface area contributed by atoms with Crippen molar-refractivity contribution in [3.05, 3.63) is 158 Å². The van der Waals surface area contributed by atoms with E-state index < -0.39 is 7.12 Å². The quantitative estimate of drug-likeness (QED) is 0.123. The Kier molecular flexibility index (Phi) is 22.5. The molecule has 6 aromatic rings. The fourth-order valence-corrected chi connectivity index (χ4v) is 7.65. The van der Waals surface area contributed by atoms with E-state index in [4.69, 9.17) is 94.5 Å². The molecular weight excluding hydrogens is 1150 g/mol. The zero-order valence-corrected chi connectivity index (χ0v) is 43.1. The smallest absolute Gasteiger partial charge is 0.399 e. The molecule has 5 aromatic heterocycles. The van der Waals surface area contributed by atoms with Crippen LogP contribution in [0.25, 0.3) is 11.1 Å². The first-order valence-corrected chi connectivity index (χ1v) is 22.6. The van der Waals surface area contributed by atoms with Gasteiger partial charge in [0.25, 0.3) is 0 Å². The van der Waals surface area contributed by atoms with E-state index in [1.54, 1.807) is 49.1 Å². The Bertz CT molecular complexity index is 2590. The maximum Gasteiger partial charge on any atom is 0.494 e. The molecule has 1 saturated heterocycles. The van der Waals surface area contributed by atoms with Crippen LogP contribution in [-0.4, -0.2) is 59.7 Å². The number of aliphatic hydroxyl groups is 2. The predicted molar refractivity (Wildman–Crippen MR) is 262 cm³/mol. The third-order valence-corrected chi connectivity index (χ3v) is 12.4. The molecule has 1 aliphatic heterocycles. The molecule has 332 valence electrons. The maximum absolute atomic E-state index is 10.3. The lowest BCUT2D eigenvalue weighted by Crippen LogP contribution is -2.41. The average Bonchev–Trinajstić information content (AvgIpc) is 3.47. The third-order valence-electron chi connectivity index (χ3n) is 8.85. The normalized spacial score (nSPS) is 12.9. The van der Waals surface area contributed by atoms with Crippen LogP contribution in [0.1, 0.15) is 60.4 Å². The molecule has 0 atom stereocenters. The van der Waals surface area contributed by atoms with Crippen molar-refractivity contribution >= 4 is 136 Å². The Balaban J connectivity index is 0.000000221. The molecule has 0 bridgehead atoms. The van der Waals surface area contributed by atoms with Gasteiger partial charge in [-0.25, -0.2) is 4.98 Å². The van der Waals surface area contributed by atoms with Gasteiger partial charge in [-0.2, -0.15) is 10.5 Å². The summed E-state index contributed by atoms with van der Waals surface area (Å²) in [5, 5.41) is 38.2. The third kappa shape index (κ3) is 15.7. The van der Waals surface area contributed by atoms with Gasteiger partial charge in [0.2, 0.25) is 0 Å². The van der Waals surface area contributed by atoms with Crippen LogP contribution in [-0.2, 0) is 22.5 Å². The van der Waals surface area contributed by atoms with Gasteiger partial charge in [-0.15, -0.1) is 0 Å². The summed E-state index contributed by atoms with van der Waals surface area (Å²) in [4.78, 5) is 29.6. The van der Waals surface area contributed by atoms with E-state index in [1.807, 2.05) is 45.9 Å². The van der Waals surface area contributed by atoms with Crippen molar-refractivity contribution in [3.63, 3.8) is 0 Å². The monoisotopic (exact) mass is 1170 g/mol. The highest BCUT2D eigenvalue weighted by atomic mass is 79.9. The number of rotatable bonds is 5. The lowest BCUT2D eigenvalue weighted by Gasteiger charge is -2.32. The van der Waals surface area contributed by atoms with Crippen LogP contribution in [0.15, 0.2) is 99.5 Å². The number of halogens is 9. The summed E-state index contributed by atoms with van der Waals surface area (Å²) in [5.41, 5.74) is 3.65. The minimum Gasteiger partial charge on any atom is -0.399 e. The number of nitriles is 2. The topological polar surface area (TPSA) is 188 Å². The van der Waals surface area contributed by atoms with E-state index in [9.17, 15) is 9.90 Å². The van der Waals surface area contributed by atoms with Crippen molar-refractivity contribution in [1.29, 1.82) is 10.5 Å². The summed E-state index contributed by atoms with van der Waals surface area (Å²) in [7, 11) is -0.444. The van der Waals surface area contributed by atoms with Gasteiger partial charge in [-0.1, -0.05) is 75.7 Å². The maximum atomic E-state index is 10.3. The second kappa shape index (κ2) is 26.1. The zero-order valence-electron chi connectivity index (χ0n) is 33.8. The van der Waals surface area contributed by atoms with Crippen molar-refractivity contribution in [2.45, 2.75) is 52.1 Å². The van der Waals surface area contributed by atoms with E-state index in [0.29, 0.717) is 69.3 Å². The van der Waals surface area contributed by atoms with Crippen molar-refractivity contribution in [3.8, 4) is 23.3 Å². The highest BCUT2D eigenvalue weighted by Gasteiger charge is 2.51. The lowest BCUT2D eigenvalue weighted by atomic mass is 9.79. The molecule has 7 rings (SSSR count). The second-order valence-electron chi connectivity index (χ2n) is 13.6. The molecule has 1 fully saturated rings. The number of carbonyl (C=O) groups excluding carboxylic acids is 1. The molecule has 0 amide bonds. The largest absolute Gasteiger partial charge is 0.494 e. The molecule has 0 unspecified atom stereocenters. The Morgan fingerprint density at radius 3 is 1.67 bits per heavy atom. The van der Waals surface area contributed by atoms with E-state index in [-0.39, 0.29) is 35.1 Å². The fraction of sp³-hybridized carbons (Fsp3) is 0.190. The summed E-state index contributed by atoms with van der Waals surface area (Å²) in [5.74, 6) is 0. The minimum atomic E-state index is -0.444. The number of carbonyl (C=O) groups is 1. The Hall–Kier alpha value is -3.30. The molecule has 2 N–H and O–H groups in total. The van der Waals surface area contributed by atoms with Gasteiger partial charge in [0.1, 0.15) is 12.1 Å². The van der Waals surface area contributed by atoms with Crippen LogP contribution in [0.4, 0.5) is 0 Å². The SMILES string of the molecule is CC1(C)OB(c2ccc(C#N)c(Cl)c2)OC1(C)C.Clc1cncc(Br)c1.N#Cc1ncc(-c2cncc(Cl)c2CO)cc1Cl.O=Cc1c(Cl)cncc1Br.OCc1c(Cl)cncc1Br. The van der Waals surface area contributed by atoms with Crippen LogP contribution in [0, 0.1) is 22.7 Å². The van der Waals surface area contributed by atoms with Crippen LogP contribution in [0.3, 0.4) is 0 Å². The van der Waals surface area contributed by atoms with Gasteiger partial charge < -0.3 is 19.5 Å². The standard InChI is InChI=1S/C13H15BClNO2.C12H7Cl2N3O.C6H5BrClNO.C6H3BrClNO.C5H3BrClN/c1-12(2)13(3,4)18-14(17-12)10-6-5-9(8-16)11(15)7-10;13-10-1-7(3-17-12(10)2-15)8-4-16-5-11(14)9(8)6-18;2*7-5-1-9-2-6(8)4(5)3-10;6-4-1-5(7)3-8-2-4/h5-7H,1-4H3;1,3-5,18H,6H2;1-2,10H,3H2;1-3H;1-3H. The molecule has 64 heavy (non-hydrogen) atoms. The van der Waals surface area contributed by atoms with E-state index in [2.05, 4.69) is 72.7 Å². The fourth-order valence-electron chi connectivity index (χ4n) is 4.80. The Labute approximate surface area is 425 Å². The van der Waals surface area contributed by atoms with Gasteiger partial charge in [-0.05, 0) is 105 Å².